The second kappa shape index (κ2) is 8.53. The number of aromatic nitrogens is 4. The van der Waals surface area contributed by atoms with Gasteiger partial charge in [-0.3, -0.25) is 4.79 Å². The average Bonchev–Trinajstić information content (AvgIpc) is 3.23. The predicted octanol–water partition coefficient (Wildman–Crippen LogP) is 4.09. The van der Waals surface area contributed by atoms with Gasteiger partial charge in [-0.1, -0.05) is 42.5 Å². The number of para-hydroxylation sites is 2. The van der Waals surface area contributed by atoms with Crippen molar-refractivity contribution in [1.82, 2.24) is 19.3 Å². The van der Waals surface area contributed by atoms with Gasteiger partial charge in [-0.25, -0.2) is 9.67 Å². The largest absolute Gasteiger partial charge is 0.318 e. The fourth-order valence-corrected chi connectivity index (χ4v) is 3.87. The molecule has 148 valence electrons. The Hall–Kier alpha value is -3.06. The van der Waals surface area contributed by atoms with Crippen LogP contribution in [0.5, 0.6) is 0 Å². The number of aryl methyl sites for hydroxylation is 1. The van der Waals surface area contributed by atoms with E-state index in [-0.39, 0.29) is 12.5 Å². The minimum absolute atomic E-state index is 0.0929. The van der Waals surface area contributed by atoms with Crippen molar-refractivity contribution in [1.29, 1.82) is 0 Å². The number of fused-ring (bicyclic) bond motifs is 1. The summed E-state index contributed by atoms with van der Waals surface area (Å²) in [5, 5.41) is 7.56. The van der Waals surface area contributed by atoms with E-state index in [1.165, 1.54) is 0 Å². The lowest BCUT2D eigenvalue weighted by atomic mass is 10.2. The number of carbonyl (C=O) groups excluding carboxylic acids is 1. The molecule has 0 fully saturated rings. The number of anilines is 1. The van der Waals surface area contributed by atoms with Crippen LogP contribution in [0.15, 0.2) is 60.7 Å². The molecule has 4 aromatic rings. The van der Waals surface area contributed by atoms with E-state index in [4.69, 9.17) is 0 Å². The molecule has 0 spiro atoms. The van der Waals surface area contributed by atoms with Crippen molar-refractivity contribution >= 4 is 34.5 Å². The zero-order chi connectivity index (χ0) is 20.2. The van der Waals surface area contributed by atoms with Crippen molar-refractivity contribution < 1.29 is 4.79 Å². The molecular weight excluding hydrogens is 382 g/mol. The molecule has 0 bridgehead atoms. The van der Waals surface area contributed by atoms with Gasteiger partial charge in [-0.2, -0.15) is 16.9 Å². The van der Waals surface area contributed by atoms with Crippen LogP contribution < -0.4 is 5.32 Å². The molecule has 0 saturated carbocycles. The third kappa shape index (κ3) is 4.35. The van der Waals surface area contributed by atoms with Gasteiger partial charge < -0.3 is 9.88 Å². The summed E-state index contributed by atoms with van der Waals surface area (Å²) in [6, 6.07) is 19.9. The molecular formula is C22H23N5OS. The van der Waals surface area contributed by atoms with Gasteiger partial charge in [0.1, 0.15) is 18.2 Å². The molecule has 2 aromatic carbocycles. The minimum Gasteiger partial charge on any atom is -0.318 e. The summed E-state index contributed by atoms with van der Waals surface area (Å²) in [7, 11) is 0. The number of hydrogen-bond acceptors (Lipinski definition) is 4. The first-order valence-corrected chi connectivity index (χ1v) is 10.8. The van der Waals surface area contributed by atoms with Crippen LogP contribution in [-0.2, 0) is 23.6 Å². The summed E-state index contributed by atoms with van der Waals surface area (Å²) in [4.78, 5) is 17.6. The molecule has 1 N–H and O–H groups in total. The quantitative estimate of drug-likeness (QED) is 0.503. The van der Waals surface area contributed by atoms with Gasteiger partial charge in [0.15, 0.2) is 0 Å². The van der Waals surface area contributed by atoms with Crippen molar-refractivity contribution in [3.63, 3.8) is 0 Å². The predicted molar refractivity (Wildman–Crippen MR) is 118 cm³/mol. The van der Waals surface area contributed by atoms with Gasteiger partial charge in [0.05, 0.1) is 29.0 Å². The summed E-state index contributed by atoms with van der Waals surface area (Å²) in [6.45, 7) is 2.75. The fourth-order valence-electron chi connectivity index (χ4n) is 3.39. The monoisotopic (exact) mass is 405 g/mol. The highest BCUT2D eigenvalue weighted by Crippen LogP contribution is 2.20. The van der Waals surface area contributed by atoms with E-state index < -0.39 is 0 Å². The van der Waals surface area contributed by atoms with Gasteiger partial charge in [-0.05, 0) is 30.9 Å². The van der Waals surface area contributed by atoms with E-state index in [1.807, 2.05) is 71.0 Å². The molecule has 2 heterocycles. The van der Waals surface area contributed by atoms with Crippen LogP contribution in [0.2, 0.25) is 0 Å². The maximum Gasteiger partial charge on any atom is 0.245 e. The first-order chi connectivity index (χ1) is 14.1. The van der Waals surface area contributed by atoms with Crippen molar-refractivity contribution in [3.05, 3.63) is 77.7 Å². The van der Waals surface area contributed by atoms with E-state index in [2.05, 4.69) is 27.5 Å². The lowest BCUT2D eigenvalue weighted by Crippen LogP contribution is -2.22. The van der Waals surface area contributed by atoms with Gasteiger partial charge in [-0.15, -0.1) is 0 Å². The Bertz CT molecular complexity index is 1130. The second-order valence-electron chi connectivity index (χ2n) is 6.90. The van der Waals surface area contributed by atoms with Gasteiger partial charge >= 0.3 is 0 Å². The Kier molecular flexibility index (Phi) is 5.67. The molecule has 29 heavy (non-hydrogen) atoms. The van der Waals surface area contributed by atoms with Gasteiger partial charge in [0.25, 0.3) is 0 Å². The number of rotatable bonds is 7. The average molecular weight is 406 g/mol. The minimum atomic E-state index is -0.0929. The Labute approximate surface area is 173 Å². The number of thioether (sulfide) groups is 1. The van der Waals surface area contributed by atoms with E-state index >= 15 is 0 Å². The number of hydrogen-bond donors (Lipinski definition) is 1. The number of carbonyl (C=O) groups is 1. The maximum absolute atomic E-state index is 12.9. The third-order valence-electron chi connectivity index (χ3n) is 4.65. The highest BCUT2D eigenvalue weighted by molar-refractivity contribution is 7.97. The van der Waals surface area contributed by atoms with Crippen LogP contribution in [0.4, 0.5) is 5.82 Å². The molecule has 0 radical (unpaired) electrons. The third-order valence-corrected chi connectivity index (χ3v) is 5.20. The summed E-state index contributed by atoms with van der Waals surface area (Å²) in [5.74, 6) is 2.27. The molecule has 0 saturated heterocycles. The Morgan fingerprint density at radius 1 is 1.10 bits per heavy atom. The molecule has 6 nitrogen and oxygen atoms in total. The lowest BCUT2D eigenvalue weighted by molar-refractivity contribution is -0.116. The molecule has 0 atom stereocenters. The van der Waals surface area contributed by atoms with E-state index in [1.54, 1.807) is 11.8 Å². The Morgan fingerprint density at radius 3 is 2.66 bits per heavy atom. The van der Waals surface area contributed by atoms with E-state index in [0.717, 1.165) is 33.9 Å². The fraction of sp³-hybridized carbons (Fsp3) is 0.227. The van der Waals surface area contributed by atoms with Crippen molar-refractivity contribution in [2.45, 2.75) is 25.8 Å². The molecule has 0 unspecified atom stereocenters. The Morgan fingerprint density at radius 2 is 1.86 bits per heavy atom. The summed E-state index contributed by atoms with van der Waals surface area (Å²) in [5.41, 5.74) is 3.89. The number of nitrogens with zero attached hydrogens (tertiary/aromatic N) is 4. The highest BCUT2D eigenvalue weighted by Gasteiger charge is 2.15. The molecule has 2 aromatic heterocycles. The molecule has 0 aliphatic carbocycles. The maximum atomic E-state index is 12.9. The first-order valence-electron chi connectivity index (χ1n) is 9.45. The highest BCUT2D eigenvalue weighted by atomic mass is 32.2. The smallest absolute Gasteiger partial charge is 0.245 e. The van der Waals surface area contributed by atoms with Crippen LogP contribution in [-0.4, -0.2) is 31.5 Å². The summed E-state index contributed by atoms with van der Waals surface area (Å²) >= 11 is 1.69. The van der Waals surface area contributed by atoms with Crippen LogP contribution in [0.25, 0.3) is 11.0 Å². The second-order valence-corrected chi connectivity index (χ2v) is 7.76. The first kappa shape index (κ1) is 19.3. The summed E-state index contributed by atoms with van der Waals surface area (Å²) in [6.07, 6.45) is 2.04. The van der Waals surface area contributed by atoms with Crippen molar-refractivity contribution in [2.75, 3.05) is 11.6 Å². The van der Waals surface area contributed by atoms with Crippen molar-refractivity contribution in [2.24, 2.45) is 0 Å². The standard InChI is InChI=1S/C22H23N5OS/c1-16-12-20(27(25-16)13-17-8-4-3-5-9-17)24-22(28)14-26-19-11-7-6-10-18(19)23-21(26)15-29-2/h3-12H,13-15H2,1-2H3,(H,24,28). The number of amides is 1. The normalized spacial score (nSPS) is 11.1. The zero-order valence-corrected chi connectivity index (χ0v) is 17.3. The van der Waals surface area contributed by atoms with Gasteiger partial charge in [0, 0.05) is 6.07 Å². The molecule has 7 heteroatoms. The van der Waals surface area contributed by atoms with E-state index in [9.17, 15) is 4.79 Å². The topological polar surface area (TPSA) is 64.7 Å². The molecule has 0 aliphatic heterocycles. The molecule has 0 aliphatic rings. The van der Waals surface area contributed by atoms with Crippen LogP contribution in [0.1, 0.15) is 17.1 Å². The van der Waals surface area contributed by atoms with Gasteiger partial charge in [0.2, 0.25) is 5.91 Å². The zero-order valence-electron chi connectivity index (χ0n) is 16.5. The summed E-state index contributed by atoms with van der Waals surface area (Å²) < 4.78 is 3.82. The number of nitrogens with one attached hydrogen (secondary N) is 1. The number of benzene rings is 2. The number of imidazole rings is 1. The Balaban J connectivity index is 1.55. The van der Waals surface area contributed by atoms with Crippen LogP contribution in [0.3, 0.4) is 0 Å². The SMILES string of the molecule is CSCc1nc2ccccc2n1CC(=O)Nc1cc(C)nn1Cc1ccccc1. The van der Waals surface area contributed by atoms with Crippen molar-refractivity contribution in [3.8, 4) is 0 Å². The van der Waals surface area contributed by atoms with E-state index in [0.29, 0.717) is 12.4 Å². The van der Waals surface area contributed by atoms with Crippen LogP contribution >= 0.6 is 11.8 Å². The molecule has 4 rings (SSSR count). The molecule has 1 amide bonds. The van der Waals surface area contributed by atoms with Crippen LogP contribution in [0, 0.1) is 6.92 Å². The lowest BCUT2D eigenvalue weighted by Gasteiger charge is -2.11.